The Morgan fingerprint density at radius 3 is 2.72 bits per heavy atom. The zero-order valence-corrected chi connectivity index (χ0v) is 12.3. The van der Waals surface area contributed by atoms with Crippen LogP contribution in [0, 0.1) is 11.8 Å². The summed E-state index contributed by atoms with van der Waals surface area (Å²) < 4.78 is 0. The molecule has 0 aromatic heterocycles. The van der Waals surface area contributed by atoms with Gasteiger partial charge in [-0.05, 0) is 32.4 Å². The van der Waals surface area contributed by atoms with E-state index < -0.39 is 0 Å². The van der Waals surface area contributed by atoms with Crippen molar-refractivity contribution in [1.29, 1.82) is 0 Å². The Kier molecular flexibility index (Phi) is 6.39. The number of nitrogens with one attached hydrogen (secondary N) is 1. The average molecular weight is 276 g/mol. The van der Waals surface area contributed by atoms with Crippen LogP contribution in [0.4, 0.5) is 0 Å². The Morgan fingerprint density at radius 1 is 1.44 bits per heavy atom. The maximum absolute atomic E-state index is 12.1. The molecule has 1 unspecified atom stereocenters. The topological polar surface area (TPSA) is 35.6 Å². The van der Waals surface area contributed by atoms with E-state index in [4.69, 9.17) is 0 Å². The zero-order chi connectivity index (χ0) is 12.3. The van der Waals surface area contributed by atoms with Gasteiger partial charge < -0.3 is 15.1 Å². The summed E-state index contributed by atoms with van der Waals surface area (Å²) in [6.45, 7) is 8.23. The van der Waals surface area contributed by atoms with E-state index in [1.54, 1.807) is 0 Å². The second kappa shape index (κ2) is 7.31. The lowest BCUT2D eigenvalue weighted by atomic mass is 10.0. The van der Waals surface area contributed by atoms with Gasteiger partial charge in [0.25, 0.3) is 0 Å². The number of halogens is 1. The van der Waals surface area contributed by atoms with E-state index in [9.17, 15) is 4.79 Å². The van der Waals surface area contributed by atoms with Crippen molar-refractivity contribution in [1.82, 2.24) is 15.1 Å². The van der Waals surface area contributed by atoms with E-state index in [0.717, 1.165) is 39.3 Å². The van der Waals surface area contributed by atoms with Gasteiger partial charge in [0, 0.05) is 32.7 Å². The standard InChI is InChI=1S/C13H25N3O.ClH/c1-3-5-15(2)9-11-4-6-16(10-11)13(17)12-7-14-8-12;/h11-12,14H,3-10H2,1-2H3;1H. The summed E-state index contributed by atoms with van der Waals surface area (Å²) in [5.41, 5.74) is 0. The predicted molar refractivity (Wildman–Crippen MR) is 76.1 cm³/mol. The molecule has 1 atom stereocenters. The molecule has 0 saturated carbocycles. The Morgan fingerprint density at radius 2 is 2.17 bits per heavy atom. The van der Waals surface area contributed by atoms with Crippen molar-refractivity contribution in [3.05, 3.63) is 0 Å². The van der Waals surface area contributed by atoms with Crippen LogP contribution in [0.15, 0.2) is 0 Å². The number of likely N-dealkylation sites (tertiary alicyclic amines) is 1. The number of carbonyl (C=O) groups is 1. The van der Waals surface area contributed by atoms with Gasteiger partial charge in [0.1, 0.15) is 0 Å². The highest BCUT2D eigenvalue weighted by Gasteiger charge is 2.33. The maximum Gasteiger partial charge on any atom is 0.228 e. The van der Waals surface area contributed by atoms with Gasteiger partial charge in [0.2, 0.25) is 5.91 Å². The van der Waals surface area contributed by atoms with Gasteiger partial charge in [-0.25, -0.2) is 0 Å². The average Bonchev–Trinajstić information content (AvgIpc) is 2.63. The van der Waals surface area contributed by atoms with Crippen LogP contribution >= 0.6 is 12.4 Å². The number of hydrogen-bond acceptors (Lipinski definition) is 3. The Hall–Kier alpha value is -0.320. The summed E-state index contributed by atoms with van der Waals surface area (Å²) in [5, 5.41) is 3.17. The fraction of sp³-hybridized carbons (Fsp3) is 0.923. The lowest BCUT2D eigenvalue weighted by Gasteiger charge is -2.30. The van der Waals surface area contributed by atoms with Gasteiger partial charge in [-0.3, -0.25) is 4.79 Å². The Balaban J connectivity index is 0.00000162. The first-order chi connectivity index (χ1) is 8.20. The van der Waals surface area contributed by atoms with Gasteiger partial charge >= 0.3 is 0 Å². The van der Waals surface area contributed by atoms with E-state index in [0.29, 0.717) is 11.8 Å². The molecule has 2 aliphatic rings. The highest BCUT2D eigenvalue weighted by molar-refractivity contribution is 5.85. The fourth-order valence-electron chi connectivity index (χ4n) is 2.82. The smallest absolute Gasteiger partial charge is 0.228 e. The van der Waals surface area contributed by atoms with Crippen LogP contribution in [-0.2, 0) is 4.79 Å². The van der Waals surface area contributed by atoms with Crippen LogP contribution in [0.2, 0.25) is 0 Å². The quantitative estimate of drug-likeness (QED) is 0.807. The summed E-state index contributed by atoms with van der Waals surface area (Å²) in [5.74, 6) is 1.33. The van der Waals surface area contributed by atoms with Gasteiger partial charge in [-0.15, -0.1) is 12.4 Å². The number of amides is 1. The normalized spacial score (nSPS) is 23.9. The molecular formula is C13H26ClN3O. The molecule has 2 aliphatic heterocycles. The third-order valence-electron chi connectivity index (χ3n) is 3.90. The molecule has 4 nitrogen and oxygen atoms in total. The lowest BCUT2D eigenvalue weighted by Crippen LogP contribution is -2.51. The summed E-state index contributed by atoms with van der Waals surface area (Å²) in [6.07, 6.45) is 2.39. The molecule has 2 rings (SSSR count). The van der Waals surface area contributed by atoms with Crippen LogP contribution in [0.25, 0.3) is 0 Å². The van der Waals surface area contributed by atoms with Crippen molar-refractivity contribution in [2.45, 2.75) is 19.8 Å². The van der Waals surface area contributed by atoms with Crippen molar-refractivity contribution in [2.75, 3.05) is 46.3 Å². The number of hydrogen-bond donors (Lipinski definition) is 1. The third kappa shape index (κ3) is 3.84. The van der Waals surface area contributed by atoms with E-state index in [2.05, 4.69) is 29.1 Å². The second-order valence-corrected chi connectivity index (χ2v) is 5.56. The summed E-state index contributed by atoms with van der Waals surface area (Å²) in [4.78, 5) is 16.5. The first-order valence-corrected chi connectivity index (χ1v) is 6.88. The molecule has 18 heavy (non-hydrogen) atoms. The van der Waals surface area contributed by atoms with E-state index in [-0.39, 0.29) is 18.3 Å². The van der Waals surface area contributed by atoms with E-state index in [1.165, 1.54) is 12.8 Å². The number of nitrogens with zero attached hydrogens (tertiary/aromatic N) is 2. The van der Waals surface area contributed by atoms with Gasteiger partial charge in [0.15, 0.2) is 0 Å². The molecule has 0 aliphatic carbocycles. The number of carbonyl (C=O) groups excluding carboxylic acids is 1. The van der Waals surface area contributed by atoms with Crippen LogP contribution in [0.3, 0.4) is 0 Å². The van der Waals surface area contributed by atoms with Crippen LogP contribution in [-0.4, -0.2) is 62.0 Å². The summed E-state index contributed by atoms with van der Waals surface area (Å²) in [6, 6.07) is 0. The molecule has 0 radical (unpaired) electrons. The molecule has 0 aromatic carbocycles. The van der Waals surface area contributed by atoms with Crippen molar-refractivity contribution >= 4 is 18.3 Å². The largest absolute Gasteiger partial charge is 0.342 e. The van der Waals surface area contributed by atoms with E-state index in [1.807, 2.05) is 0 Å². The molecule has 106 valence electrons. The predicted octanol–water partition coefficient (Wildman–Crippen LogP) is 0.818. The second-order valence-electron chi connectivity index (χ2n) is 5.56. The van der Waals surface area contributed by atoms with E-state index >= 15 is 0 Å². The van der Waals surface area contributed by atoms with Gasteiger partial charge in [0.05, 0.1) is 5.92 Å². The minimum atomic E-state index is 0. The molecule has 2 heterocycles. The lowest BCUT2D eigenvalue weighted by molar-refractivity contribution is -0.136. The van der Waals surface area contributed by atoms with Crippen molar-refractivity contribution in [2.24, 2.45) is 11.8 Å². The molecule has 0 aromatic rings. The first kappa shape index (κ1) is 15.7. The Labute approximate surface area is 116 Å². The fourth-order valence-corrected chi connectivity index (χ4v) is 2.82. The molecular weight excluding hydrogens is 250 g/mol. The van der Waals surface area contributed by atoms with Gasteiger partial charge in [-0.2, -0.15) is 0 Å². The first-order valence-electron chi connectivity index (χ1n) is 6.88. The van der Waals surface area contributed by atoms with Crippen molar-refractivity contribution in [3.63, 3.8) is 0 Å². The molecule has 1 N–H and O–H groups in total. The molecule has 0 spiro atoms. The third-order valence-corrected chi connectivity index (χ3v) is 3.90. The molecule has 2 saturated heterocycles. The Bertz CT molecular complexity index is 271. The summed E-state index contributed by atoms with van der Waals surface area (Å²) >= 11 is 0. The highest BCUT2D eigenvalue weighted by atomic mass is 35.5. The minimum Gasteiger partial charge on any atom is -0.342 e. The number of rotatable bonds is 5. The van der Waals surface area contributed by atoms with Crippen molar-refractivity contribution in [3.8, 4) is 0 Å². The van der Waals surface area contributed by atoms with Gasteiger partial charge in [-0.1, -0.05) is 6.92 Å². The zero-order valence-electron chi connectivity index (χ0n) is 11.5. The molecule has 2 fully saturated rings. The minimum absolute atomic E-state index is 0. The molecule has 1 amide bonds. The van der Waals surface area contributed by atoms with Crippen molar-refractivity contribution < 1.29 is 4.79 Å². The SMILES string of the molecule is CCCN(C)CC1CCN(C(=O)C2CNC2)C1.Cl. The highest BCUT2D eigenvalue weighted by Crippen LogP contribution is 2.20. The molecule has 0 bridgehead atoms. The maximum atomic E-state index is 12.1. The van der Waals surface area contributed by atoms with Crippen LogP contribution in [0.5, 0.6) is 0 Å². The monoisotopic (exact) mass is 275 g/mol. The summed E-state index contributed by atoms with van der Waals surface area (Å²) in [7, 11) is 2.18. The van der Waals surface area contributed by atoms with Crippen LogP contribution in [0.1, 0.15) is 19.8 Å². The molecule has 5 heteroatoms. The van der Waals surface area contributed by atoms with Crippen LogP contribution < -0.4 is 5.32 Å².